The highest BCUT2D eigenvalue weighted by Gasteiger charge is 2.21. The zero-order valence-corrected chi connectivity index (χ0v) is 14.6. The van der Waals surface area contributed by atoms with E-state index >= 15 is 0 Å². The predicted molar refractivity (Wildman–Crippen MR) is 96.3 cm³/mol. The molecule has 0 spiro atoms. The van der Waals surface area contributed by atoms with Gasteiger partial charge in [0.15, 0.2) is 0 Å². The lowest BCUT2D eigenvalue weighted by Crippen LogP contribution is -2.47. The van der Waals surface area contributed by atoms with Crippen LogP contribution in [0.15, 0.2) is 36.5 Å². The molecule has 0 bridgehead atoms. The molecule has 0 unspecified atom stereocenters. The van der Waals surface area contributed by atoms with Crippen LogP contribution in [0.5, 0.6) is 5.75 Å². The Morgan fingerprint density at radius 3 is 2.56 bits per heavy atom. The van der Waals surface area contributed by atoms with E-state index < -0.39 is 0 Å². The fourth-order valence-electron chi connectivity index (χ4n) is 2.64. The topological polar surface area (TPSA) is 70.6 Å². The summed E-state index contributed by atoms with van der Waals surface area (Å²) in [5.41, 5.74) is 1.25. The maximum Gasteiger partial charge on any atom is 0.272 e. The van der Waals surface area contributed by atoms with Gasteiger partial charge in [-0.1, -0.05) is 0 Å². The number of amides is 1. The summed E-state index contributed by atoms with van der Waals surface area (Å²) in [5, 5.41) is 3.12. The van der Waals surface area contributed by atoms with E-state index in [-0.39, 0.29) is 5.91 Å². The van der Waals surface area contributed by atoms with Crippen LogP contribution in [0.3, 0.4) is 0 Å². The molecule has 7 nitrogen and oxygen atoms in total. The van der Waals surface area contributed by atoms with E-state index in [0.29, 0.717) is 18.2 Å². The Hall–Kier alpha value is -2.67. The number of aromatic nitrogens is 2. The van der Waals surface area contributed by atoms with Gasteiger partial charge in [-0.2, -0.15) is 0 Å². The first-order chi connectivity index (χ1) is 12.2. The molecule has 1 N–H and O–H groups in total. The SMILES string of the molecule is CCOc1ccc(Nc2nccc(C(=O)N3CCN(C)CC3)n2)cc1. The maximum absolute atomic E-state index is 12.6. The summed E-state index contributed by atoms with van der Waals surface area (Å²) >= 11 is 0. The standard InChI is InChI=1S/C18H23N5O2/c1-3-25-15-6-4-14(5-7-15)20-18-19-9-8-16(21-18)17(24)23-12-10-22(2)11-13-23/h4-9H,3,10-13H2,1-2H3,(H,19,20,21). The normalized spacial score (nSPS) is 15.0. The molecule has 1 amide bonds. The van der Waals surface area contributed by atoms with Gasteiger partial charge in [-0.05, 0) is 44.3 Å². The molecule has 1 fully saturated rings. The fraction of sp³-hybridized carbons (Fsp3) is 0.389. The first-order valence-corrected chi connectivity index (χ1v) is 8.46. The number of anilines is 2. The molecule has 3 rings (SSSR count). The van der Waals surface area contributed by atoms with Gasteiger partial charge < -0.3 is 19.9 Å². The van der Waals surface area contributed by atoms with E-state index in [9.17, 15) is 4.79 Å². The van der Waals surface area contributed by atoms with Gasteiger partial charge in [-0.25, -0.2) is 9.97 Å². The largest absolute Gasteiger partial charge is 0.494 e. The van der Waals surface area contributed by atoms with Crippen molar-refractivity contribution in [1.82, 2.24) is 19.8 Å². The molecule has 1 aliphatic heterocycles. The minimum absolute atomic E-state index is 0.0507. The monoisotopic (exact) mass is 341 g/mol. The van der Waals surface area contributed by atoms with Crippen molar-refractivity contribution >= 4 is 17.5 Å². The Morgan fingerprint density at radius 2 is 1.88 bits per heavy atom. The number of rotatable bonds is 5. The number of hydrogen-bond acceptors (Lipinski definition) is 6. The third-order valence-electron chi connectivity index (χ3n) is 4.09. The number of ether oxygens (including phenoxy) is 1. The first kappa shape index (κ1) is 17.2. The summed E-state index contributed by atoms with van der Waals surface area (Å²) in [7, 11) is 2.06. The van der Waals surface area contributed by atoms with Crippen LogP contribution in [0.25, 0.3) is 0 Å². The Labute approximate surface area is 147 Å². The summed E-state index contributed by atoms with van der Waals surface area (Å²) in [6.07, 6.45) is 1.60. The molecular formula is C18H23N5O2. The Bertz CT molecular complexity index is 712. The summed E-state index contributed by atoms with van der Waals surface area (Å²) in [6.45, 7) is 5.79. The smallest absolute Gasteiger partial charge is 0.272 e. The molecule has 2 aromatic rings. The molecule has 1 aromatic carbocycles. The lowest BCUT2D eigenvalue weighted by molar-refractivity contribution is 0.0658. The van der Waals surface area contributed by atoms with Crippen molar-refractivity contribution in [3.05, 3.63) is 42.2 Å². The van der Waals surface area contributed by atoms with E-state index in [2.05, 4.69) is 27.2 Å². The highest BCUT2D eigenvalue weighted by molar-refractivity contribution is 5.92. The van der Waals surface area contributed by atoms with Crippen molar-refractivity contribution in [1.29, 1.82) is 0 Å². The van der Waals surface area contributed by atoms with Crippen molar-refractivity contribution in [2.24, 2.45) is 0 Å². The minimum atomic E-state index is -0.0507. The number of likely N-dealkylation sites (N-methyl/N-ethyl adjacent to an activating group) is 1. The highest BCUT2D eigenvalue weighted by Crippen LogP contribution is 2.18. The summed E-state index contributed by atoms with van der Waals surface area (Å²) < 4.78 is 5.42. The fourth-order valence-corrected chi connectivity index (χ4v) is 2.64. The van der Waals surface area contributed by atoms with Gasteiger partial charge in [0.2, 0.25) is 5.95 Å². The number of carbonyl (C=O) groups excluding carboxylic acids is 1. The number of nitrogens with zero attached hydrogens (tertiary/aromatic N) is 4. The second-order valence-electron chi connectivity index (χ2n) is 5.94. The molecular weight excluding hydrogens is 318 g/mol. The molecule has 0 radical (unpaired) electrons. The van der Waals surface area contributed by atoms with Gasteiger partial charge in [-0.15, -0.1) is 0 Å². The molecule has 0 aliphatic carbocycles. The van der Waals surface area contributed by atoms with Gasteiger partial charge in [0, 0.05) is 38.1 Å². The molecule has 25 heavy (non-hydrogen) atoms. The number of piperazine rings is 1. The molecule has 1 aliphatic rings. The minimum Gasteiger partial charge on any atom is -0.494 e. The highest BCUT2D eigenvalue weighted by atomic mass is 16.5. The summed E-state index contributed by atoms with van der Waals surface area (Å²) in [6, 6.07) is 9.20. The average Bonchev–Trinajstić information content (AvgIpc) is 2.64. The Balaban J connectivity index is 1.67. The second-order valence-corrected chi connectivity index (χ2v) is 5.94. The van der Waals surface area contributed by atoms with Crippen LogP contribution < -0.4 is 10.1 Å². The van der Waals surface area contributed by atoms with Crippen LogP contribution in [-0.4, -0.2) is 65.5 Å². The van der Waals surface area contributed by atoms with E-state index in [0.717, 1.165) is 37.6 Å². The zero-order valence-electron chi connectivity index (χ0n) is 14.6. The predicted octanol–water partition coefficient (Wildman–Crippen LogP) is 2.01. The number of carbonyl (C=O) groups is 1. The lowest BCUT2D eigenvalue weighted by Gasteiger charge is -2.32. The second kappa shape index (κ2) is 7.94. The number of nitrogens with one attached hydrogen (secondary N) is 1. The Morgan fingerprint density at radius 1 is 1.16 bits per heavy atom. The van der Waals surface area contributed by atoms with Crippen molar-refractivity contribution in [2.45, 2.75) is 6.92 Å². The maximum atomic E-state index is 12.6. The molecule has 1 aromatic heterocycles. The van der Waals surface area contributed by atoms with E-state index in [4.69, 9.17) is 4.74 Å². The molecule has 132 valence electrons. The summed E-state index contributed by atoms with van der Waals surface area (Å²) in [5.74, 6) is 1.17. The molecule has 0 saturated carbocycles. The zero-order chi connectivity index (χ0) is 17.6. The van der Waals surface area contributed by atoms with Gasteiger partial charge in [-0.3, -0.25) is 4.79 Å². The molecule has 0 atom stereocenters. The molecule has 2 heterocycles. The van der Waals surface area contributed by atoms with Crippen LogP contribution in [0.2, 0.25) is 0 Å². The van der Waals surface area contributed by atoms with Crippen molar-refractivity contribution < 1.29 is 9.53 Å². The van der Waals surface area contributed by atoms with Gasteiger partial charge >= 0.3 is 0 Å². The van der Waals surface area contributed by atoms with E-state index in [1.807, 2.05) is 36.1 Å². The van der Waals surface area contributed by atoms with Crippen molar-refractivity contribution in [3.63, 3.8) is 0 Å². The molecule has 1 saturated heterocycles. The Kier molecular flexibility index (Phi) is 5.45. The van der Waals surface area contributed by atoms with Crippen LogP contribution in [0.4, 0.5) is 11.6 Å². The van der Waals surface area contributed by atoms with Crippen molar-refractivity contribution in [3.8, 4) is 5.75 Å². The first-order valence-electron chi connectivity index (χ1n) is 8.46. The van der Waals surface area contributed by atoms with E-state index in [1.54, 1.807) is 12.3 Å². The number of hydrogen-bond donors (Lipinski definition) is 1. The lowest BCUT2D eigenvalue weighted by atomic mass is 10.3. The summed E-state index contributed by atoms with van der Waals surface area (Å²) in [4.78, 5) is 25.2. The van der Waals surface area contributed by atoms with Crippen LogP contribution in [-0.2, 0) is 0 Å². The third-order valence-corrected chi connectivity index (χ3v) is 4.09. The quantitative estimate of drug-likeness (QED) is 0.897. The van der Waals surface area contributed by atoms with Gasteiger partial charge in [0.1, 0.15) is 11.4 Å². The van der Waals surface area contributed by atoms with Crippen LogP contribution >= 0.6 is 0 Å². The van der Waals surface area contributed by atoms with Gasteiger partial charge in [0.05, 0.1) is 6.61 Å². The van der Waals surface area contributed by atoms with Crippen LogP contribution in [0.1, 0.15) is 17.4 Å². The van der Waals surface area contributed by atoms with Crippen LogP contribution in [0, 0.1) is 0 Å². The average molecular weight is 341 g/mol. The van der Waals surface area contributed by atoms with E-state index in [1.165, 1.54) is 0 Å². The van der Waals surface area contributed by atoms with Crippen molar-refractivity contribution in [2.75, 3.05) is 45.2 Å². The number of benzene rings is 1. The van der Waals surface area contributed by atoms with Gasteiger partial charge in [0.25, 0.3) is 5.91 Å². The molecule has 7 heteroatoms. The third kappa shape index (κ3) is 4.45.